The number of halogens is 1. The summed E-state index contributed by atoms with van der Waals surface area (Å²) in [5.74, 6) is -0.311. The van der Waals surface area contributed by atoms with Gasteiger partial charge in [0.2, 0.25) is 0 Å². The van der Waals surface area contributed by atoms with Gasteiger partial charge in [-0.3, -0.25) is 9.88 Å². The van der Waals surface area contributed by atoms with Crippen LogP contribution in [-0.2, 0) is 0 Å². The molecule has 1 N–H and O–H groups in total. The van der Waals surface area contributed by atoms with Gasteiger partial charge in [-0.05, 0) is 38.7 Å². The van der Waals surface area contributed by atoms with Crippen LogP contribution in [-0.4, -0.2) is 61.1 Å². The second-order valence-electron chi connectivity index (χ2n) is 6.56. The van der Waals surface area contributed by atoms with Gasteiger partial charge in [-0.25, -0.2) is 4.39 Å². The van der Waals surface area contributed by atoms with Crippen molar-refractivity contribution in [3.05, 3.63) is 35.3 Å². The molecule has 24 heavy (non-hydrogen) atoms. The zero-order chi connectivity index (χ0) is 17.3. The van der Waals surface area contributed by atoms with E-state index in [1.807, 2.05) is 6.92 Å². The van der Waals surface area contributed by atoms with Crippen LogP contribution >= 0.6 is 0 Å². The van der Waals surface area contributed by atoms with Crippen molar-refractivity contribution in [2.24, 2.45) is 0 Å². The standard InChI is InChI=1S/C18H22FN5/c1-12-6-14(19)7-16-17(12)21-9-13(8-20)18(16)22-10-15-11-23(2)4-5-24(15)3/h6-7,9,15H,4-5,10-11H2,1-3H3,(H,21,22)/t15-/m1/s1. The highest BCUT2D eigenvalue weighted by Crippen LogP contribution is 2.28. The third-order valence-corrected chi connectivity index (χ3v) is 4.74. The second kappa shape index (κ2) is 6.71. The Kier molecular flexibility index (Phi) is 4.65. The zero-order valence-corrected chi connectivity index (χ0v) is 14.3. The summed E-state index contributed by atoms with van der Waals surface area (Å²) in [5.41, 5.74) is 2.62. The highest BCUT2D eigenvalue weighted by Gasteiger charge is 2.22. The van der Waals surface area contributed by atoms with Gasteiger partial charge in [-0.15, -0.1) is 0 Å². The maximum atomic E-state index is 13.9. The maximum absolute atomic E-state index is 13.9. The Hall–Kier alpha value is -2.23. The van der Waals surface area contributed by atoms with E-state index in [9.17, 15) is 9.65 Å². The molecule has 6 heteroatoms. The molecule has 0 bridgehead atoms. The molecule has 1 fully saturated rings. The normalized spacial score (nSPS) is 19.4. The van der Waals surface area contributed by atoms with E-state index >= 15 is 0 Å². The summed E-state index contributed by atoms with van der Waals surface area (Å²) in [5, 5.41) is 13.5. The fourth-order valence-corrected chi connectivity index (χ4v) is 3.25. The number of aryl methyl sites for hydroxylation is 1. The molecule has 5 nitrogen and oxygen atoms in total. The largest absolute Gasteiger partial charge is 0.382 e. The van der Waals surface area contributed by atoms with E-state index in [0.29, 0.717) is 29.2 Å². The Morgan fingerprint density at radius 2 is 2.17 bits per heavy atom. The first kappa shape index (κ1) is 16.6. The topological polar surface area (TPSA) is 55.2 Å². The average Bonchev–Trinajstić information content (AvgIpc) is 2.55. The Balaban J connectivity index is 1.94. The molecule has 3 rings (SSSR count). The van der Waals surface area contributed by atoms with Gasteiger partial charge in [0, 0.05) is 43.8 Å². The molecule has 1 aliphatic rings. The number of pyridine rings is 1. The van der Waals surface area contributed by atoms with Crippen molar-refractivity contribution >= 4 is 16.6 Å². The molecule has 1 aliphatic heterocycles. The molecule has 1 atom stereocenters. The van der Waals surface area contributed by atoms with Crippen LogP contribution in [0.5, 0.6) is 0 Å². The summed E-state index contributed by atoms with van der Waals surface area (Å²) < 4.78 is 13.9. The molecule has 126 valence electrons. The minimum absolute atomic E-state index is 0.311. The van der Waals surface area contributed by atoms with Crippen molar-refractivity contribution in [1.82, 2.24) is 14.8 Å². The first-order valence-corrected chi connectivity index (χ1v) is 8.11. The average molecular weight is 327 g/mol. The van der Waals surface area contributed by atoms with Crippen LogP contribution in [0, 0.1) is 24.1 Å². The molecular weight excluding hydrogens is 305 g/mol. The summed E-state index contributed by atoms with van der Waals surface area (Å²) in [7, 11) is 4.22. The number of nitrogens with one attached hydrogen (secondary N) is 1. The monoisotopic (exact) mass is 327 g/mol. The van der Waals surface area contributed by atoms with E-state index in [2.05, 4.69) is 40.3 Å². The van der Waals surface area contributed by atoms with E-state index in [-0.39, 0.29) is 5.82 Å². The number of hydrogen-bond acceptors (Lipinski definition) is 5. The van der Waals surface area contributed by atoms with Gasteiger partial charge in [0.1, 0.15) is 11.9 Å². The van der Waals surface area contributed by atoms with E-state index < -0.39 is 0 Å². The van der Waals surface area contributed by atoms with Crippen LogP contribution in [0.2, 0.25) is 0 Å². The minimum atomic E-state index is -0.311. The van der Waals surface area contributed by atoms with Crippen LogP contribution in [0.15, 0.2) is 18.3 Å². The number of aromatic nitrogens is 1. The molecule has 0 amide bonds. The summed E-state index contributed by atoms with van der Waals surface area (Å²) in [6.45, 7) is 5.56. The lowest BCUT2D eigenvalue weighted by Gasteiger charge is -2.38. The molecule has 1 saturated heterocycles. The summed E-state index contributed by atoms with van der Waals surface area (Å²) >= 11 is 0. The number of piperazine rings is 1. The molecule has 0 saturated carbocycles. The molecule has 2 heterocycles. The van der Waals surface area contributed by atoms with Crippen LogP contribution in [0.1, 0.15) is 11.1 Å². The third kappa shape index (κ3) is 3.18. The number of nitriles is 1. The number of likely N-dealkylation sites (N-methyl/N-ethyl adjacent to an activating group) is 2. The fraction of sp³-hybridized carbons (Fsp3) is 0.444. The van der Waals surface area contributed by atoms with Crippen molar-refractivity contribution in [2.45, 2.75) is 13.0 Å². The molecule has 0 spiro atoms. The Bertz CT molecular complexity index is 798. The minimum Gasteiger partial charge on any atom is -0.382 e. The van der Waals surface area contributed by atoms with Crippen LogP contribution in [0.25, 0.3) is 10.9 Å². The predicted octanol–water partition coefficient (Wildman–Crippen LogP) is 2.21. The van der Waals surface area contributed by atoms with E-state index in [0.717, 1.165) is 30.7 Å². The van der Waals surface area contributed by atoms with Crippen molar-refractivity contribution in [3.8, 4) is 6.07 Å². The summed E-state index contributed by atoms with van der Waals surface area (Å²) in [6.07, 6.45) is 1.56. The molecule has 1 aromatic heterocycles. The summed E-state index contributed by atoms with van der Waals surface area (Å²) in [6, 6.07) is 5.42. The third-order valence-electron chi connectivity index (χ3n) is 4.74. The lowest BCUT2D eigenvalue weighted by atomic mass is 10.1. The smallest absolute Gasteiger partial charge is 0.124 e. The molecule has 0 radical (unpaired) electrons. The van der Waals surface area contributed by atoms with Crippen LogP contribution < -0.4 is 5.32 Å². The number of anilines is 1. The lowest BCUT2D eigenvalue weighted by Crippen LogP contribution is -2.52. The van der Waals surface area contributed by atoms with Gasteiger partial charge in [-0.1, -0.05) is 0 Å². The van der Waals surface area contributed by atoms with Gasteiger partial charge >= 0.3 is 0 Å². The van der Waals surface area contributed by atoms with Gasteiger partial charge in [0.15, 0.2) is 0 Å². The van der Waals surface area contributed by atoms with Crippen LogP contribution in [0.4, 0.5) is 10.1 Å². The van der Waals surface area contributed by atoms with Gasteiger partial charge in [0.25, 0.3) is 0 Å². The van der Waals surface area contributed by atoms with Crippen molar-refractivity contribution in [2.75, 3.05) is 45.6 Å². The fourth-order valence-electron chi connectivity index (χ4n) is 3.25. The lowest BCUT2D eigenvalue weighted by molar-refractivity contribution is 0.122. The maximum Gasteiger partial charge on any atom is 0.124 e. The van der Waals surface area contributed by atoms with E-state index in [1.54, 1.807) is 6.20 Å². The highest BCUT2D eigenvalue weighted by molar-refractivity contribution is 5.95. The van der Waals surface area contributed by atoms with E-state index in [1.165, 1.54) is 12.1 Å². The molecule has 0 unspecified atom stereocenters. The summed E-state index contributed by atoms with van der Waals surface area (Å²) in [4.78, 5) is 8.94. The molecule has 0 aliphatic carbocycles. The number of nitrogens with zero attached hydrogens (tertiary/aromatic N) is 4. The van der Waals surface area contributed by atoms with Crippen molar-refractivity contribution < 1.29 is 4.39 Å². The molecular formula is C18H22FN5. The first-order valence-electron chi connectivity index (χ1n) is 8.11. The van der Waals surface area contributed by atoms with Crippen LogP contribution in [0.3, 0.4) is 0 Å². The Morgan fingerprint density at radius 1 is 1.38 bits per heavy atom. The zero-order valence-electron chi connectivity index (χ0n) is 14.3. The van der Waals surface area contributed by atoms with Crippen molar-refractivity contribution in [1.29, 1.82) is 5.26 Å². The number of hydrogen-bond donors (Lipinski definition) is 1. The SMILES string of the molecule is Cc1cc(F)cc2c(NC[C@@H]3CN(C)CCN3C)c(C#N)cnc12. The van der Waals surface area contributed by atoms with Gasteiger partial charge < -0.3 is 10.2 Å². The van der Waals surface area contributed by atoms with Gasteiger partial charge in [-0.2, -0.15) is 5.26 Å². The second-order valence-corrected chi connectivity index (χ2v) is 6.56. The Morgan fingerprint density at radius 3 is 2.92 bits per heavy atom. The quantitative estimate of drug-likeness (QED) is 0.937. The van der Waals surface area contributed by atoms with E-state index in [4.69, 9.17) is 0 Å². The molecule has 1 aromatic carbocycles. The molecule has 2 aromatic rings. The number of rotatable bonds is 3. The number of fused-ring (bicyclic) bond motifs is 1. The van der Waals surface area contributed by atoms with Gasteiger partial charge in [0.05, 0.1) is 16.8 Å². The Labute approximate surface area is 141 Å². The number of benzene rings is 1. The van der Waals surface area contributed by atoms with Crippen molar-refractivity contribution in [3.63, 3.8) is 0 Å². The first-order chi connectivity index (χ1) is 11.5. The predicted molar refractivity (Wildman–Crippen MR) is 93.6 cm³/mol. The highest BCUT2D eigenvalue weighted by atomic mass is 19.1.